The van der Waals surface area contributed by atoms with E-state index in [-0.39, 0.29) is 6.03 Å². The summed E-state index contributed by atoms with van der Waals surface area (Å²) in [5.41, 5.74) is 1.96. The number of urea groups is 1. The van der Waals surface area contributed by atoms with E-state index < -0.39 is 0 Å². The average Bonchev–Trinajstić information content (AvgIpc) is 3.22. The predicted octanol–water partition coefficient (Wildman–Crippen LogP) is 1.69. The summed E-state index contributed by atoms with van der Waals surface area (Å²) >= 11 is 0. The first-order chi connectivity index (χ1) is 13.3. The number of carbonyl (C=O) groups is 1. The molecule has 4 rings (SSSR count). The van der Waals surface area contributed by atoms with E-state index in [9.17, 15) is 4.79 Å². The van der Waals surface area contributed by atoms with E-state index in [1.807, 2.05) is 41.4 Å². The molecule has 1 aliphatic heterocycles. The van der Waals surface area contributed by atoms with Gasteiger partial charge in [-0.05, 0) is 18.2 Å². The highest BCUT2D eigenvalue weighted by molar-refractivity contribution is 5.74. The fourth-order valence-corrected chi connectivity index (χ4v) is 3.03. The maximum Gasteiger partial charge on any atom is 0.317 e. The minimum Gasteiger partial charge on any atom is -0.337 e. The van der Waals surface area contributed by atoms with E-state index in [2.05, 4.69) is 25.3 Å². The molecule has 0 aliphatic carbocycles. The highest BCUT2D eigenvalue weighted by Crippen LogP contribution is 2.10. The Balaban J connectivity index is 1.27. The molecule has 1 aromatic carbocycles. The molecular weight excluding hydrogens is 342 g/mol. The standard InChI is InChI=1S/C19H21N7O/c27-19(25-11-9-24(10-12-25)18-20-7-4-8-21-18)22-13-16-14-23-26(15-16)17-5-2-1-3-6-17/h1-8,14-15H,9-13H2,(H,22,27). The van der Waals surface area contributed by atoms with Crippen molar-refractivity contribution in [2.24, 2.45) is 0 Å². The van der Waals surface area contributed by atoms with Gasteiger partial charge in [0.2, 0.25) is 5.95 Å². The zero-order valence-electron chi connectivity index (χ0n) is 14.9. The molecular formula is C19H21N7O. The summed E-state index contributed by atoms with van der Waals surface area (Å²) in [7, 11) is 0. The van der Waals surface area contributed by atoms with Gasteiger partial charge in [0, 0.05) is 56.9 Å². The van der Waals surface area contributed by atoms with E-state index in [4.69, 9.17) is 0 Å². The lowest BCUT2D eigenvalue weighted by atomic mass is 10.3. The molecule has 3 heterocycles. The van der Waals surface area contributed by atoms with Crippen LogP contribution in [0.5, 0.6) is 0 Å². The number of nitrogens with one attached hydrogen (secondary N) is 1. The van der Waals surface area contributed by atoms with Crippen LogP contribution in [0.15, 0.2) is 61.2 Å². The van der Waals surface area contributed by atoms with Crippen LogP contribution in [0.1, 0.15) is 5.56 Å². The van der Waals surface area contributed by atoms with Crippen LogP contribution in [-0.4, -0.2) is 56.9 Å². The zero-order chi connectivity index (χ0) is 18.5. The first kappa shape index (κ1) is 17.0. The summed E-state index contributed by atoms with van der Waals surface area (Å²) in [6.07, 6.45) is 7.17. The van der Waals surface area contributed by atoms with Crippen molar-refractivity contribution in [3.63, 3.8) is 0 Å². The fraction of sp³-hybridized carbons (Fsp3) is 0.263. The number of hydrogen-bond acceptors (Lipinski definition) is 5. The van der Waals surface area contributed by atoms with Crippen molar-refractivity contribution < 1.29 is 4.79 Å². The number of anilines is 1. The molecule has 0 saturated carbocycles. The number of carbonyl (C=O) groups excluding carboxylic acids is 1. The number of para-hydroxylation sites is 1. The second-order valence-electron chi connectivity index (χ2n) is 6.31. The molecule has 2 aromatic heterocycles. The van der Waals surface area contributed by atoms with Gasteiger partial charge in [-0.2, -0.15) is 5.10 Å². The quantitative estimate of drug-likeness (QED) is 0.763. The molecule has 8 heteroatoms. The van der Waals surface area contributed by atoms with Gasteiger partial charge >= 0.3 is 6.03 Å². The molecule has 138 valence electrons. The molecule has 3 aromatic rings. The summed E-state index contributed by atoms with van der Waals surface area (Å²) < 4.78 is 1.81. The van der Waals surface area contributed by atoms with E-state index >= 15 is 0 Å². The monoisotopic (exact) mass is 363 g/mol. The Morgan fingerprint density at radius 3 is 2.48 bits per heavy atom. The van der Waals surface area contributed by atoms with E-state index in [0.717, 1.165) is 24.3 Å². The van der Waals surface area contributed by atoms with Crippen molar-refractivity contribution in [3.8, 4) is 5.69 Å². The Kier molecular flexibility index (Phi) is 4.95. The summed E-state index contributed by atoms with van der Waals surface area (Å²) in [6.45, 7) is 3.20. The second-order valence-corrected chi connectivity index (χ2v) is 6.31. The fourth-order valence-electron chi connectivity index (χ4n) is 3.03. The van der Waals surface area contributed by atoms with Gasteiger partial charge in [0.1, 0.15) is 0 Å². The third-order valence-electron chi connectivity index (χ3n) is 4.50. The third-order valence-corrected chi connectivity index (χ3v) is 4.50. The van der Waals surface area contributed by atoms with Gasteiger partial charge in [-0.25, -0.2) is 19.4 Å². The highest BCUT2D eigenvalue weighted by atomic mass is 16.2. The van der Waals surface area contributed by atoms with Gasteiger partial charge in [-0.1, -0.05) is 18.2 Å². The molecule has 0 radical (unpaired) electrons. The SMILES string of the molecule is O=C(NCc1cnn(-c2ccccc2)c1)N1CCN(c2ncccn2)CC1. The van der Waals surface area contributed by atoms with E-state index in [0.29, 0.717) is 25.6 Å². The van der Waals surface area contributed by atoms with Gasteiger partial charge in [-0.3, -0.25) is 0 Å². The number of hydrogen-bond donors (Lipinski definition) is 1. The van der Waals surface area contributed by atoms with E-state index in [1.165, 1.54) is 0 Å². The molecule has 0 atom stereocenters. The molecule has 2 amide bonds. The van der Waals surface area contributed by atoms with Crippen LogP contribution in [0.2, 0.25) is 0 Å². The van der Waals surface area contributed by atoms with Crippen LogP contribution < -0.4 is 10.2 Å². The van der Waals surface area contributed by atoms with Crippen molar-refractivity contribution in [3.05, 3.63) is 66.7 Å². The first-order valence-electron chi connectivity index (χ1n) is 8.93. The lowest BCUT2D eigenvalue weighted by Crippen LogP contribution is -2.52. The first-order valence-corrected chi connectivity index (χ1v) is 8.93. The number of benzene rings is 1. The summed E-state index contributed by atoms with van der Waals surface area (Å²) in [4.78, 5) is 24.9. The van der Waals surface area contributed by atoms with Crippen LogP contribution in [0, 0.1) is 0 Å². The number of rotatable bonds is 4. The summed E-state index contributed by atoms with van der Waals surface area (Å²) in [6, 6.07) is 11.6. The van der Waals surface area contributed by atoms with Crippen molar-refractivity contribution in [2.45, 2.75) is 6.54 Å². The second kappa shape index (κ2) is 7.86. The molecule has 27 heavy (non-hydrogen) atoms. The van der Waals surface area contributed by atoms with Gasteiger partial charge in [0.15, 0.2) is 0 Å². The Labute approximate surface area is 157 Å². The maximum atomic E-state index is 12.4. The van der Waals surface area contributed by atoms with Gasteiger partial charge in [0.05, 0.1) is 11.9 Å². The average molecular weight is 363 g/mol. The molecule has 1 N–H and O–H groups in total. The van der Waals surface area contributed by atoms with Crippen LogP contribution >= 0.6 is 0 Å². The van der Waals surface area contributed by atoms with Gasteiger partial charge < -0.3 is 15.1 Å². The molecule has 0 bridgehead atoms. The van der Waals surface area contributed by atoms with Crippen LogP contribution in [0.25, 0.3) is 5.69 Å². The predicted molar refractivity (Wildman–Crippen MR) is 102 cm³/mol. The number of amides is 2. The normalized spacial score (nSPS) is 14.2. The van der Waals surface area contributed by atoms with Gasteiger partial charge in [-0.15, -0.1) is 0 Å². The lowest BCUT2D eigenvalue weighted by molar-refractivity contribution is 0.193. The van der Waals surface area contributed by atoms with Crippen molar-refractivity contribution in [1.82, 2.24) is 30.0 Å². The summed E-state index contributed by atoms with van der Waals surface area (Å²) in [5.74, 6) is 0.714. The molecule has 0 spiro atoms. The van der Waals surface area contributed by atoms with Gasteiger partial charge in [0.25, 0.3) is 0 Å². The molecule has 1 fully saturated rings. The van der Waals surface area contributed by atoms with Crippen molar-refractivity contribution >= 4 is 12.0 Å². The Morgan fingerprint density at radius 2 is 1.74 bits per heavy atom. The molecule has 1 aliphatic rings. The number of piperazine rings is 1. The lowest BCUT2D eigenvalue weighted by Gasteiger charge is -2.34. The molecule has 8 nitrogen and oxygen atoms in total. The highest BCUT2D eigenvalue weighted by Gasteiger charge is 2.22. The number of aromatic nitrogens is 4. The minimum atomic E-state index is -0.0592. The Morgan fingerprint density at radius 1 is 1.00 bits per heavy atom. The largest absolute Gasteiger partial charge is 0.337 e. The zero-order valence-corrected chi connectivity index (χ0v) is 14.9. The maximum absolute atomic E-state index is 12.4. The molecule has 1 saturated heterocycles. The van der Waals surface area contributed by atoms with Crippen molar-refractivity contribution in [2.75, 3.05) is 31.1 Å². The Hall–Kier alpha value is -3.42. The van der Waals surface area contributed by atoms with Crippen LogP contribution in [-0.2, 0) is 6.54 Å². The number of nitrogens with zero attached hydrogens (tertiary/aromatic N) is 6. The smallest absolute Gasteiger partial charge is 0.317 e. The Bertz CT molecular complexity index is 873. The summed E-state index contributed by atoms with van der Waals surface area (Å²) in [5, 5.41) is 7.32. The van der Waals surface area contributed by atoms with E-state index in [1.54, 1.807) is 29.3 Å². The third kappa shape index (κ3) is 4.05. The van der Waals surface area contributed by atoms with Crippen molar-refractivity contribution in [1.29, 1.82) is 0 Å². The van der Waals surface area contributed by atoms with Crippen LogP contribution in [0.4, 0.5) is 10.7 Å². The topological polar surface area (TPSA) is 79.2 Å². The minimum absolute atomic E-state index is 0.0592. The van der Waals surface area contributed by atoms with Crippen LogP contribution in [0.3, 0.4) is 0 Å². The molecule has 0 unspecified atom stereocenters.